The summed E-state index contributed by atoms with van der Waals surface area (Å²) < 4.78 is 5.41. The van der Waals surface area contributed by atoms with Gasteiger partial charge < -0.3 is 15.0 Å². The fourth-order valence-corrected chi connectivity index (χ4v) is 4.52. The Labute approximate surface area is 180 Å². The van der Waals surface area contributed by atoms with Gasteiger partial charge in [0.05, 0.1) is 13.2 Å². The topological polar surface area (TPSA) is 44.8 Å². The maximum Gasteiger partial charge on any atom is 0.225 e. The number of hydrogen-bond donors (Lipinski definition) is 1. The monoisotopic (exact) mass is 407 g/mol. The first kappa shape index (κ1) is 20.9. The van der Waals surface area contributed by atoms with Crippen molar-refractivity contribution in [2.45, 2.75) is 38.1 Å². The summed E-state index contributed by atoms with van der Waals surface area (Å²) in [5.41, 5.74) is 3.45. The number of likely N-dealkylation sites (tertiary alicyclic amines) is 1. The Bertz CT molecular complexity index is 788. The zero-order chi connectivity index (χ0) is 20.6. The minimum atomic E-state index is 0.0955. The van der Waals surface area contributed by atoms with E-state index in [0.717, 1.165) is 51.5 Å². The first-order valence-electron chi connectivity index (χ1n) is 11.3. The summed E-state index contributed by atoms with van der Waals surface area (Å²) in [6, 6.07) is 19.4. The van der Waals surface area contributed by atoms with Crippen molar-refractivity contribution in [3.63, 3.8) is 0 Å². The van der Waals surface area contributed by atoms with Gasteiger partial charge in [0.15, 0.2) is 0 Å². The van der Waals surface area contributed by atoms with Crippen molar-refractivity contribution in [2.24, 2.45) is 0 Å². The van der Waals surface area contributed by atoms with Crippen molar-refractivity contribution in [2.75, 3.05) is 49.6 Å². The second-order valence-electron chi connectivity index (χ2n) is 8.32. The Morgan fingerprint density at radius 2 is 1.73 bits per heavy atom. The number of nitrogens with one attached hydrogen (secondary N) is 1. The van der Waals surface area contributed by atoms with Gasteiger partial charge in [-0.3, -0.25) is 9.69 Å². The molecule has 0 bridgehead atoms. The summed E-state index contributed by atoms with van der Waals surface area (Å²) in [6.45, 7) is 5.33. The van der Waals surface area contributed by atoms with E-state index in [-0.39, 0.29) is 5.91 Å². The van der Waals surface area contributed by atoms with Crippen LogP contribution in [-0.2, 0) is 16.0 Å². The van der Waals surface area contributed by atoms with Crippen molar-refractivity contribution >= 4 is 17.3 Å². The molecule has 2 heterocycles. The fourth-order valence-electron chi connectivity index (χ4n) is 4.52. The average molecular weight is 408 g/mol. The number of hydrogen-bond acceptors (Lipinski definition) is 4. The van der Waals surface area contributed by atoms with Gasteiger partial charge in [-0.05, 0) is 55.6 Å². The van der Waals surface area contributed by atoms with Crippen molar-refractivity contribution < 1.29 is 9.53 Å². The van der Waals surface area contributed by atoms with Gasteiger partial charge in [-0.2, -0.15) is 0 Å². The van der Waals surface area contributed by atoms with Crippen LogP contribution in [0.4, 0.5) is 11.4 Å². The van der Waals surface area contributed by atoms with E-state index in [0.29, 0.717) is 12.5 Å². The molecular formula is C25H33N3O2. The standard InChI is InChI=1S/C25H33N3O2/c29-25(26-22-9-11-23(12-10-22)28-16-18-30-19-17-28)13-15-27-14-5-4-8-24(27)20-21-6-2-1-3-7-21/h1-3,6-7,9-12,24H,4-5,8,13-20H2,(H,26,29). The van der Waals surface area contributed by atoms with E-state index >= 15 is 0 Å². The van der Waals surface area contributed by atoms with Crippen molar-refractivity contribution in [3.8, 4) is 0 Å². The number of morpholine rings is 1. The lowest BCUT2D eigenvalue weighted by atomic mass is 9.95. The highest BCUT2D eigenvalue weighted by Crippen LogP contribution is 2.22. The smallest absolute Gasteiger partial charge is 0.225 e. The Kier molecular flexibility index (Phi) is 7.38. The molecule has 5 heteroatoms. The van der Waals surface area contributed by atoms with Crippen LogP contribution in [0.5, 0.6) is 0 Å². The molecule has 2 saturated heterocycles. The van der Waals surface area contributed by atoms with Gasteiger partial charge in [-0.15, -0.1) is 0 Å². The number of benzene rings is 2. The molecule has 1 amide bonds. The molecule has 0 aromatic heterocycles. The van der Waals surface area contributed by atoms with E-state index in [9.17, 15) is 4.79 Å². The number of nitrogens with zero attached hydrogens (tertiary/aromatic N) is 2. The SMILES string of the molecule is O=C(CCN1CCCCC1Cc1ccccc1)Nc1ccc(N2CCOCC2)cc1. The van der Waals surface area contributed by atoms with Crippen LogP contribution in [0.2, 0.25) is 0 Å². The van der Waals surface area contributed by atoms with E-state index in [1.54, 1.807) is 0 Å². The molecule has 2 aliphatic heterocycles. The van der Waals surface area contributed by atoms with Crippen LogP contribution in [-0.4, -0.2) is 56.2 Å². The summed E-state index contributed by atoms with van der Waals surface area (Å²) in [5.74, 6) is 0.0955. The second-order valence-corrected chi connectivity index (χ2v) is 8.32. The lowest BCUT2D eigenvalue weighted by Gasteiger charge is -2.35. The number of ether oxygens (including phenoxy) is 1. The van der Waals surface area contributed by atoms with Crippen molar-refractivity contribution in [1.29, 1.82) is 0 Å². The maximum absolute atomic E-state index is 12.5. The molecule has 30 heavy (non-hydrogen) atoms. The van der Waals surface area contributed by atoms with E-state index in [2.05, 4.69) is 57.6 Å². The third-order valence-corrected chi connectivity index (χ3v) is 6.22. The third-order valence-electron chi connectivity index (χ3n) is 6.22. The van der Waals surface area contributed by atoms with E-state index in [1.807, 2.05) is 12.1 Å². The summed E-state index contributed by atoms with van der Waals surface area (Å²) in [7, 11) is 0. The molecule has 1 unspecified atom stereocenters. The summed E-state index contributed by atoms with van der Waals surface area (Å²) >= 11 is 0. The van der Waals surface area contributed by atoms with E-state index < -0.39 is 0 Å². The first-order chi connectivity index (χ1) is 14.8. The quantitative estimate of drug-likeness (QED) is 0.755. The van der Waals surface area contributed by atoms with Crippen LogP contribution in [0.25, 0.3) is 0 Å². The van der Waals surface area contributed by atoms with Crippen LogP contribution in [0, 0.1) is 0 Å². The van der Waals surface area contributed by atoms with Gasteiger partial charge in [-0.1, -0.05) is 36.8 Å². The Hall–Kier alpha value is -2.37. The molecule has 0 saturated carbocycles. The van der Waals surface area contributed by atoms with E-state index in [1.165, 1.54) is 30.5 Å². The number of rotatable bonds is 7. The van der Waals surface area contributed by atoms with Gasteiger partial charge in [0.1, 0.15) is 0 Å². The predicted octanol–water partition coefficient (Wildman–Crippen LogP) is 3.95. The molecule has 2 aromatic carbocycles. The molecule has 1 N–H and O–H groups in total. The third kappa shape index (κ3) is 5.83. The lowest BCUT2D eigenvalue weighted by molar-refractivity contribution is -0.116. The molecule has 2 fully saturated rings. The van der Waals surface area contributed by atoms with E-state index in [4.69, 9.17) is 4.74 Å². The summed E-state index contributed by atoms with van der Waals surface area (Å²) in [5, 5.41) is 3.07. The molecule has 0 aliphatic carbocycles. The highest BCUT2D eigenvalue weighted by Gasteiger charge is 2.23. The Balaban J connectivity index is 1.26. The maximum atomic E-state index is 12.5. The molecule has 5 nitrogen and oxygen atoms in total. The molecule has 2 aromatic rings. The van der Waals surface area contributed by atoms with Crippen molar-refractivity contribution in [1.82, 2.24) is 4.90 Å². The normalized spacial score (nSPS) is 20.1. The average Bonchev–Trinajstić information content (AvgIpc) is 2.80. The predicted molar refractivity (Wildman–Crippen MR) is 122 cm³/mol. The van der Waals surface area contributed by atoms with Crippen LogP contribution in [0.1, 0.15) is 31.2 Å². The molecule has 2 aliphatic rings. The zero-order valence-electron chi connectivity index (χ0n) is 17.8. The van der Waals surface area contributed by atoms with Gasteiger partial charge in [0.25, 0.3) is 0 Å². The van der Waals surface area contributed by atoms with Crippen LogP contribution >= 0.6 is 0 Å². The number of carbonyl (C=O) groups is 1. The molecule has 4 rings (SSSR count). The molecule has 0 spiro atoms. The Morgan fingerprint density at radius 1 is 0.967 bits per heavy atom. The number of anilines is 2. The number of carbonyl (C=O) groups excluding carboxylic acids is 1. The molecule has 160 valence electrons. The summed E-state index contributed by atoms with van der Waals surface area (Å²) in [6.07, 6.45) is 5.35. The van der Waals surface area contributed by atoms with Gasteiger partial charge in [0.2, 0.25) is 5.91 Å². The van der Waals surface area contributed by atoms with Crippen molar-refractivity contribution in [3.05, 3.63) is 60.2 Å². The minimum absolute atomic E-state index is 0.0955. The molecule has 1 atom stereocenters. The van der Waals surface area contributed by atoms with Gasteiger partial charge in [-0.25, -0.2) is 0 Å². The number of amides is 1. The molecule has 0 radical (unpaired) electrons. The van der Waals surface area contributed by atoms with Crippen LogP contribution in [0.15, 0.2) is 54.6 Å². The lowest BCUT2D eigenvalue weighted by Crippen LogP contribution is -2.42. The Morgan fingerprint density at radius 3 is 2.50 bits per heavy atom. The van der Waals surface area contributed by atoms with Crippen LogP contribution in [0.3, 0.4) is 0 Å². The van der Waals surface area contributed by atoms with Gasteiger partial charge in [0, 0.05) is 43.5 Å². The summed E-state index contributed by atoms with van der Waals surface area (Å²) in [4.78, 5) is 17.4. The highest BCUT2D eigenvalue weighted by atomic mass is 16.5. The fraction of sp³-hybridized carbons (Fsp3) is 0.480. The van der Waals surface area contributed by atoms with Crippen LogP contribution < -0.4 is 10.2 Å². The first-order valence-corrected chi connectivity index (χ1v) is 11.3. The largest absolute Gasteiger partial charge is 0.378 e. The number of piperidine rings is 1. The highest BCUT2D eigenvalue weighted by molar-refractivity contribution is 5.91. The van der Waals surface area contributed by atoms with Gasteiger partial charge >= 0.3 is 0 Å². The zero-order valence-corrected chi connectivity index (χ0v) is 17.8. The molecular weight excluding hydrogens is 374 g/mol. The second kappa shape index (κ2) is 10.6. The minimum Gasteiger partial charge on any atom is -0.378 e.